The van der Waals surface area contributed by atoms with E-state index in [1.54, 1.807) is 30.3 Å². The molecule has 6 nitrogen and oxygen atoms in total. The van der Waals surface area contributed by atoms with Crippen molar-refractivity contribution in [2.75, 3.05) is 10.6 Å². The van der Waals surface area contributed by atoms with Crippen LogP contribution < -0.4 is 10.6 Å². The number of aromatic hydroxyl groups is 1. The van der Waals surface area contributed by atoms with Crippen molar-refractivity contribution in [2.24, 2.45) is 0 Å². The van der Waals surface area contributed by atoms with Gasteiger partial charge in [-0.1, -0.05) is 24.3 Å². The summed E-state index contributed by atoms with van der Waals surface area (Å²) >= 11 is 0. The standard InChI is InChI=1S/C18H15FN4O2/c19-14-10-12(6-8-16(14)24)11-20-17-9-7-15(22-23-17)18(25)21-13-4-2-1-3-5-13/h1-10,24H,11H2,(H,20,23)(H,21,25). The van der Waals surface area contributed by atoms with E-state index in [1.807, 2.05) is 18.2 Å². The van der Waals surface area contributed by atoms with Crippen molar-refractivity contribution in [1.82, 2.24) is 10.2 Å². The molecule has 126 valence electrons. The molecule has 0 radical (unpaired) electrons. The summed E-state index contributed by atoms with van der Waals surface area (Å²) in [6.07, 6.45) is 0. The molecule has 0 aliphatic rings. The lowest BCUT2D eigenvalue weighted by molar-refractivity contribution is 0.102. The number of para-hydroxylation sites is 1. The highest BCUT2D eigenvalue weighted by Gasteiger charge is 2.08. The Bertz CT molecular complexity index is 870. The van der Waals surface area contributed by atoms with Crippen LogP contribution in [0.25, 0.3) is 0 Å². The average Bonchev–Trinajstić information content (AvgIpc) is 2.64. The van der Waals surface area contributed by atoms with Gasteiger partial charge >= 0.3 is 0 Å². The minimum absolute atomic E-state index is 0.185. The molecule has 7 heteroatoms. The second-order valence-electron chi connectivity index (χ2n) is 5.26. The molecule has 1 amide bonds. The molecule has 0 unspecified atom stereocenters. The fourth-order valence-electron chi connectivity index (χ4n) is 2.12. The van der Waals surface area contributed by atoms with Gasteiger partial charge in [0.1, 0.15) is 5.82 Å². The Kier molecular flexibility index (Phi) is 4.84. The molecule has 3 aromatic rings. The lowest BCUT2D eigenvalue weighted by atomic mass is 10.2. The van der Waals surface area contributed by atoms with E-state index < -0.39 is 11.6 Å². The maximum Gasteiger partial charge on any atom is 0.276 e. The molecule has 1 heterocycles. The second kappa shape index (κ2) is 7.39. The number of amides is 1. The molecular weight excluding hydrogens is 323 g/mol. The van der Waals surface area contributed by atoms with Gasteiger partial charge in [0.25, 0.3) is 5.91 Å². The minimum atomic E-state index is -0.682. The van der Waals surface area contributed by atoms with Crippen molar-refractivity contribution < 1.29 is 14.3 Å². The normalized spacial score (nSPS) is 10.3. The predicted octanol–water partition coefficient (Wildman–Crippen LogP) is 3.19. The van der Waals surface area contributed by atoms with E-state index in [-0.39, 0.29) is 11.6 Å². The van der Waals surface area contributed by atoms with Gasteiger partial charge in [-0.15, -0.1) is 10.2 Å². The number of phenols is 1. The molecule has 0 spiro atoms. The second-order valence-corrected chi connectivity index (χ2v) is 5.26. The summed E-state index contributed by atoms with van der Waals surface area (Å²) in [4.78, 5) is 12.1. The Hall–Kier alpha value is -3.48. The number of benzene rings is 2. The molecule has 2 aromatic carbocycles. The third kappa shape index (κ3) is 4.29. The molecule has 0 aliphatic heterocycles. The molecule has 1 aromatic heterocycles. The third-order valence-electron chi connectivity index (χ3n) is 3.41. The topological polar surface area (TPSA) is 87.1 Å². The van der Waals surface area contributed by atoms with Gasteiger partial charge in [-0.2, -0.15) is 0 Å². The van der Waals surface area contributed by atoms with Crippen LogP contribution in [0.2, 0.25) is 0 Å². The first kappa shape index (κ1) is 16.4. The Morgan fingerprint density at radius 3 is 2.52 bits per heavy atom. The molecule has 0 fully saturated rings. The summed E-state index contributed by atoms with van der Waals surface area (Å²) in [5, 5.41) is 22.7. The zero-order chi connectivity index (χ0) is 17.6. The SMILES string of the molecule is O=C(Nc1ccccc1)c1ccc(NCc2ccc(O)c(F)c2)nn1. The van der Waals surface area contributed by atoms with Crippen LogP contribution in [0.3, 0.4) is 0 Å². The van der Waals surface area contributed by atoms with Gasteiger partial charge in [0, 0.05) is 12.2 Å². The molecule has 3 N–H and O–H groups in total. The van der Waals surface area contributed by atoms with E-state index in [4.69, 9.17) is 5.11 Å². The minimum Gasteiger partial charge on any atom is -0.505 e. The van der Waals surface area contributed by atoms with Crippen LogP contribution in [0.5, 0.6) is 5.75 Å². The smallest absolute Gasteiger partial charge is 0.276 e. The molecule has 0 saturated carbocycles. The first-order chi connectivity index (χ1) is 12.1. The predicted molar refractivity (Wildman–Crippen MR) is 91.8 cm³/mol. The van der Waals surface area contributed by atoms with Gasteiger partial charge in [0.05, 0.1) is 0 Å². The highest BCUT2D eigenvalue weighted by molar-refractivity contribution is 6.02. The third-order valence-corrected chi connectivity index (χ3v) is 3.41. The van der Waals surface area contributed by atoms with Crippen molar-refractivity contribution in [2.45, 2.75) is 6.54 Å². The van der Waals surface area contributed by atoms with Crippen molar-refractivity contribution >= 4 is 17.4 Å². The number of carbonyl (C=O) groups is 1. The fourth-order valence-corrected chi connectivity index (χ4v) is 2.12. The number of carbonyl (C=O) groups excluding carboxylic acids is 1. The monoisotopic (exact) mass is 338 g/mol. The molecule has 0 atom stereocenters. The summed E-state index contributed by atoms with van der Waals surface area (Å²) in [5.74, 6) is -0.980. The maximum absolute atomic E-state index is 13.3. The lowest BCUT2D eigenvalue weighted by Crippen LogP contribution is -2.14. The van der Waals surface area contributed by atoms with Crippen molar-refractivity contribution in [3.05, 3.63) is 77.7 Å². The Labute approximate surface area is 143 Å². The maximum atomic E-state index is 13.3. The zero-order valence-corrected chi connectivity index (χ0v) is 13.1. The van der Waals surface area contributed by atoms with Crippen LogP contribution in [-0.4, -0.2) is 21.2 Å². The quantitative estimate of drug-likeness (QED) is 0.665. The Balaban J connectivity index is 1.60. The molecule has 0 aliphatic carbocycles. The van der Waals surface area contributed by atoms with Gasteiger partial charge in [0.15, 0.2) is 17.3 Å². The van der Waals surface area contributed by atoms with Crippen LogP contribution >= 0.6 is 0 Å². The number of nitrogens with zero attached hydrogens (tertiary/aromatic N) is 2. The van der Waals surface area contributed by atoms with Crippen LogP contribution in [0.15, 0.2) is 60.7 Å². The van der Waals surface area contributed by atoms with E-state index >= 15 is 0 Å². The van der Waals surface area contributed by atoms with Crippen molar-refractivity contribution in [1.29, 1.82) is 0 Å². The van der Waals surface area contributed by atoms with Gasteiger partial charge in [0.2, 0.25) is 0 Å². The van der Waals surface area contributed by atoms with E-state index in [0.29, 0.717) is 23.6 Å². The number of aromatic nitrogens is 2. The summed E-state index contributed by atoms with van der Waals surface area (Å²) < 4.78 is 13.3. The number of rotatable bonds is 5. The number of hydrogen-bond acceptors (Lipinski definition) is 5. The Morgan fingerprint density at radius 1 is 1.04 bits per heavy atom. The highest BCUT2D eigenvalue weighted by atomic mass is 19.1. The first-order valence-corrected chi connectivity index (χ1v) is 7.53. The van der Waals surface area contributed by atoms with Crippen molar-refractivity contribution in [3.8, 4) is 5.75 Å². The number of phenolic OH excluding ortho intramolecular Hbond substituents is 1. The molecule has 25 heavy (non-hydrogen) atoms. The molecule has 3 rings (SSSR count). The van der Waals surface area contributed by atoms with E-state index in [0.717, 1.165) is 0 Å². The van der Waals surface area contributed by atoms with Gasteiger partial charge in [-0.3, -0.25) is 4.79 Å². The first-order valence-electron chi connectivity index (χ1n) is 7.53. The van der Waals surface area contributed by atoms with Gasteiger partial charge in [-0.25, -0.2) is 4.39 Å². The van der Waals surface area contributed by atoms with Crippen LogP contribution in [0.4, 0.5) is 15.9 Å². The number of anilines is 2. The lowest BCUT2D eigenvalue weighted by Gasteiger charge is -2.07. The largest absolute Gasteiger partial charge is 0.505 e. The molecule has 0 bridgehead atoms. The number of halogens is 1. The van der Waals surface area contributed by atoms with Crippen LogP contribution in [0.1, 0.15) is 16.1 Å². The highest BCUT2D eigenvalue weighted by Crippen LogP contribution is 2.17. The summed E-state index contributed by atoms with van der Waals surface area (Å²) in [6.45, 7) is 0.307. The number of hydrogen-bond donors (Lipinski definition) is 3. The van der Waals surface area contributed by atoms with Crippen LogP contribution in [-0.2, 0) is 6.54 Å². The van der Waals surface area contributed by atoms with E-state index in [1.165, 1.54) is 12.1 Å². The van der Waals surface area contributed by atoms with Gasteiger partial charge < -0.3 is 15.7 Å². The average molecular weight is 338 g/mol. The van der Waals surface area contributed by atoms with Crippen molar-refractivity contribution in [3.63, 3.8) is 0 Å². The van der Waals surface area contributed by atoms with E-state index in [9.17, 15) is 9.18 Å². The van der Waals surface area contributed by atoms with E-state index in [2.05, 4.69) is 20.8 Å². The summed E-state index contributed by atoms with van der Waals surface area (Å²) in [7, 11) is 0. The molecule has 0 saturated heterocycles. The van der Waals surface area contributed by atoms with Gasteiger partial charge in [-0.05, 0) is 42.0 Å². The summed E-state index contributed by atoms with van der Waals surface area (Å²) in [6, 6.07) is 16.3. The molecular formula is C18H15FN4O2. The number of nitrogens with one attached hydrogen (secondary N) is 2. The fraction of sp³-hybridized carbons (Fsp3) is 0.0556. The summed E-state index contributed by atoms with van der Waals surface area (Å²) in [5.41, 5.74) is 1.50. The van der Waals surface area contributed by atoms with Crippen LogP contribution in [0, 0.1) is 5.82 Å². The Morgan fingerprint density at radius 2 is 1.84 bits per heavy atom. The zero-order valence-electron chi connectivity index (χ0n) is 13.1.